The Morgan fingerprint density at radius 1 is 1.15 bits per heavy atom. The lowest BCUT2D eigenvalue weighted by Gasteiger charge is -2.15. The number of rotatable bonds is 10. The number of nitrogens with zero attached hydrogens (tertiary/aromatic N) is 2. The van der Waals surface area contributed by atoms with Gasteiger partial charge in [-0.1, -0.05) is 23.4 Å². The zero-order valence-corrected chi connectivity index (χ0v) is 20.6. The first-order valence-electron chi connectivity index (χ1n) is 10.5. The van der Waals surface area contributed by atoms with E-state index in [1.54, 1.807) is 25.1 Å². The largest absolute Gasteiger partial charge is 0.490 e. The molecule has 2 aromatic carbocycles. The molecule has 0 aliphatic rings. The van der Waals surface area contributed by atoms with E-state index in [1.807, 2.05) is 44.2 Å². The standard InChI is InChI=1S/C25H24BrN3O5/c1-4-31-22-14-18(12-19(15-27)25(30)28-23-11-17(3)34-29-23)13-20(26)24(22)33-10-9-32-21-8-6-5-7-16(21)2/h5-8,11-14H,4,9-10H2,1-3H3,(H,28,29,30)/b19-12-. The summed E-state index contributed by atoms with van der Waals surface area (Å²) in [5.41, 5.74) is 1.53. The zero-order valence-electron chi connectivity index (χ0n) is 19.1. The maximum atomic E-state index is 12.5. The smallest absolute Gasteiger partial charge is 0.267 e. The molecule has 0 spiro atoms. The third kappa shape index (κ3) is 6.62. The number of para-hydroxylation sites is 1. The van der Waals surface area contributed by atoms with Crippen LogP contribution in [0, 0.1) is 25.2 Å². The minimum atomic E-state index is -0.599. The minimum absolute atomic E-state index is 0.102. The van der Waals surface area contributed by atoms with E-state index < -0.39 is 5.91 Å². The molecule has 1 aromatic heterocycles. The summed E-state index contributed by atoms with van der Waals surface area (Å²) in [6.07, 6.45) is 1.46. The van der Waals surface area contributed by atoms with E-state index in [1.165, 1.54) is 6.08 Å². The van der Waals surface area contributed by atoms with Crippen LogP contribution in [0.1, 0.15) is 23.8 Å². The second-order valence-corrected chi connectivity index (χ2v) is 8.03. The van der Waals surface area contributed by atoms with E-state index in [0.29, 0.717) is 47.1 Å². The summed E-state index contributed by atoms with van der Waals surface area (Å²) in [6.45, 7) is 6.60. The molecule has 0 saturated carbocycles. The Morgan fingerprint density at radius 3 is 2.59 bits per heavy atom. The maximum absolute atomic E-state index is 12.5. The average Bonchev–Trinajstić information content (AvgIpc) is 3.22. The normalized spacial score (nSPS) is 11.0. The van der Waals surface area contributed by atoms with Gasteiger partial charge in [0.2, 0.25) is 0 Å². The molecular weight excluding hydrogens is 502 g/mol. The number of carbonyl (C=O) groups is 1. The van der Waals surface area contributed by atoms with Gasteiger partial charge in [0.15, 0.2) is 17.3 Å². The van der Waals surface area contributed by atoms with Crippen molar-refractivity contribution in [3.63, 3.8) is 0 Å². The lowest BCUT2D eigenvalue weighted by atomic mass is 10.1. The molecule has 3 aromatic rings. The van der Waals surface area contributed by atoms with Crippen LogP contribution in [0.15, 0.2) is 57.0 Å². The van der Waals surface area contributed by atoms with Crippen molar-refractivity contribution in [2.45, 2.75) is 20.8 Å². The number of hydrogen-bond acceptors (Lipinski definition) is 7. The van der Waals surface area contributed by atoms with Gasteiger partial charge in [0.1, 0.15) is 36.4 Å². The average molecular weight is 526 g/mol. The van der Waals surface area contributed by atoms with E-state index in [0.717, 1.165) is 11.3 Å². The SMILES string of the molecule is CCOc1cc(/C=C(/C#N)C(=O)Nc2cc(C)on2)cc(Br)c1OCCOc1ccccc1C. The fraction of sp³-hybridized carbons (Fsp3) is 0.240. The van der Waals surface area contributed by atoms with Gasteiger partial charge in [0.25, 0.3) is 5.91 Å². The second kappa shape index (κ2) is 11.9. The van der Waals surface area contributed by atoms with Crippen molar-refractivity contribution >= 4 is 33.7 Å². The van der Waals surface area contributed by atoms with Gasteiger partial charge >= 0.3 is 0 Å². The van der Waals surface area contributed by atoms with Gasteiger partial charge in [-0.2, -0.15) is 5.26 Å². The van der Waals surface area contributed by atoms with Crippen molar-refractivity contribution in [1.82, 2.24) is 5.16 Å². The number of halogens is 1. The Kier molecular flexibility index (Phi) is 8.71. The van der Waals surface area contributed by atoms with Crippen LogP contribution in [0.4, 0.5) is 5.82 Å². The summed E-state index contributed by atoms with van der Waals surface area (Å²) >= 11 is 3.50. The summed E-state index contributed by atoms with van der Waals surface area (Å²) in [4.78, 5) is 12.5. The molecule has 0 unspecified atom stereocenters. The molecule has 176 valence electrons. The lowest BCUT2D eigenvalue weighted by molar-refractivity contribution is -0.112. The first-order chi connectivity index (χ1) is 16.4. The number of nitriles is 1. The van der Waals surface area contributed by atoms with Crippen molar-refractivity contribution in [3.8, 4) is 23.3 Å². The molecule has 0 fully saturated rings. The lowest BCUT2D eigenvalue weighted by Crippen LogP contribution is -2.13. The topological polar surface area (TPSA) is 107 Å². The van der Waals surface area contributed by atoms with Crippen LogP contribution < -0.4 is 19.5 Å². The maximum Gasteiger partial charge on any atom is 0.267 e. The summed E-state index contributed by atoms with van der Waals surface area (Å²) in [5, 5.41) is 15.7. The van der Waals surface area contributed by atoms with Crippen molar-refractivity contribution < 1.29 is 23.5 Å². The molecule has 0 aliphatic heterocycles. The van der Waals surface area contributed by atoms with Crippen molar-refractivity contribution in [3.05, 3.63) is 69.4 Å². The molecule has 0 aliphatic carbocycles. The zero-order chi connectivity index (χ0) is 24.5. The highest BCUT2D eigenvalue weighted by Crippen LogP contribution is 2.37. The summed E-state index contributed by atoms with van der Waals surface area (Å²) in [5.74, 6) is 1.97. The molecule has 3 rings (SSSR count). The number of ether oxygens (including phenoxy) is 3. The van der Waals surface area contributed by atoms with Crippen LogP contribution >= 0.6 is 15.9 Å². The number of aromatic nitrogens is 1. The van der Waals surface area contributed by atoms with E-state index in [-0.39, 0.29) is 11.4 Å². The molecule has 0 bridgehead atoms. The van der Waals surface area contributed by atoms with Crippen LogP contribution in [0.25, 0.3) is 6.08 Å². The molecule has 0 radical (unpaired) electrons. The number of aryl methyl sites for hydroxylation is 2. The summed E-state index contributed by atoms with van der Waals surface area (Å²) in [7, 11) is 0. The Balaban J connectivity index is 1.73. The summed E-state index contributed by atoms with van der Waals surface area (Å²) < 4.78 is 23.0. The molecular formula is C25H24BrN3O5. The third-order valence-corrected chi connectivity index (χ3v) is 5.15. The number of anilines is 1. The molecule has 1 N–H and O–H groups in total. The Morgan fingerprint density at radius 2 is 1.91 bits per heavy atom. The molecule has 1 amide bonds. The van der Waals surface area contributed by atoms with Gasteiger partial charge in [0.05, 0.1) is 11.1 Å². The van der Waals surface area contributed by atoms with Gasteiger partial charge in [0, 0.05) is 6.07 Å². The van der Waals surface area contributed by atoms with Gasteiger partial charge in [-0.05, 0) is 72.1 Å². The Hall–Kier alpha value is -3.77. The van der Waals surface area contributed by atoms with E-state index in [9.17, 15) is 10.1 Å². The van der Waals surface area contributed by atoms with Gasteiger partial charge < -0.3 is 24.1 Å². The fourth-order valence-corrected chi connectivity index (χ4v) is 3.59. The quantitative estimate of drug-likeness (QED) is 0.213. The van der Waals surface area contributed by atoms with Gasteiger partial charge in [-0.15, -0.1) is 0 Å². The fourth-order valence-electron chi connectivity index (χ4n) is 3.01. The molecule has 0 atom stereocenters. The molecule has 1 heterocycles. The van der Waals surface area contributed by atoms with Crippen LogP contribution in [0.5, 0.6) is 17.2 Å². The Labute approximate surface area is 206 Å². The number of benzene rings is 2. The van der Waals surface area contributed by atoms with Gasteiger partial charge in [-0.3, -0.25) is 4.79 Å². The second-order valence-electron chi connectivity index (χ2n) is 7.17. The highest BCUT2D eigenvalue weighted by atomic mass is 79.9. The highest BCUT2D eigenvalue weighted by molar-refractivity contribution is 9.10. The molecule has 34 heavy (non-hydrogen) atoms. The molecule has 0 saturated heterocycles. The highest BCUT2D eigenvalue weighted by Gasteiger charge is 2.15. The van der Waals surface area contributed by atoms with Crippen molar-refractivity contribution in [2.75, 3.05) is 25.1 Å². The predicted molar refractivity (Wildman–Crippen MR) is 131 cm³/mol. The number of carbonyl (C=O) groups excluding carboxylic acids is 1. The number of nitrogens with one attached hydrogen (secondary N) is 1. The van der Waals surface area contributed by atoms with Crippen LogP contribution in [-0.2, 0) is 4.79 Å². The Bertz CT molecular complexity index is 1230. The van der Waals surface area contributed by atoms with E-state index >= 15 is 0 Å². The number of hydrogen-bond donors (Lipinski definition) is 1. The first kappa shape index (κ1) is 24.9. The molecule has 8 nitrogen and oxygen atoms in total. The first-order valence-corrected chi connectivity index (χ1v) is 11.3. The van der Waals surface area contributed by atoms with Crippen LogP contribution in [0.3, 0.4) is 0 Å². The monoisotopic (exact) mass is 525 g/mol. The van der Waals surface area contributed by atoms with Crippen molar-refractivity contribution in [2.24, 2.45) is 0 Å². The van der Waals surface area contributed by atoms with Crippen LogP contribution in [-0.4, -0.2) is 30.9 Å². The van der Waals surface area contributed by atoms with Crippen molar-refractivity contribution in [1.29, 1.82) is 5.26 Å². The van der Waals surface area contributed by atoms with Gasteiger partial charge in [-0.25, -0.2) is 0 Å². The molecule has 9 heteroatoms. The summed E-state index contributed by atoms with van der Waals surface area (Å²) in [6, 6.07) is 14.7. The van der Waals surface area contributed by atoms with E-state index in [4.69, 9.17) is 18.7 Å². The predicted octanol–water partition coefficient (Wildman–Crippen LogP) is 5.46. The van der Waals surface area contributed by atoms with E-state index in [2.05, 4.69) is 26.4 Å². The van der Waals surface area contributed by atoms with Crippen LogP contribution in [0.2, 0.25) is 0 Å². The minimum Gasteiger partial charge on any atom is -0.490 e. The third-order valence-electron chi connectivity index (χ3n) is 4.56. The number of amides is 1.